The Labute approximate surface area is 119 Å². The molecule has 2 rings (SSSR count). The molecule has 0 aliphatic carbocycles. The summed E-state index contributed by atoms with van der Waals surface area (Å²) in [7, 11) is 0. The van der Waals surface area contributed by atoms with E-state index in [0.717, 1.165) is 16.7 Å². The number of rotatable bonds is 4. The predicted molar refractivity (Wildman–Crippen MR) is 81.1 cm³/mol. The number of hydrogen-bond acceptors (Lipinski definition) is 2. The van der Waals surface area contributed by atoms with E-state index < -0.39 is 6.04 Å². The molecule has 2 aromatic carbocycles. The van der Waals surface area contributed by atoms with Crippen LogP contribution in [0.3, 0.4) is 0 Å². The minimum Gasteiger partial charge on any atom is -0.348 e. The van der Waals surface area contributed by atoms with Crippen LogP contribution in [0.4, 0.5) is 0 Å². The second kappa shape index (κ2) is 6.35. The fourth-order valence-corrected chi connectivity index (χ4v) is 2.27. The van der Waals surface area contributed by atoms with Crippen LogP contribution in [0.2, 0.25) is 0 Å². The largest absolute Gasteiger partial charge is 0.348 e. The number of hydrogen-bond donors (Lipinski definition) is 2. The lowest BCUT2D eigenvalue weighted by atomic mass is 10.0. The van der Waals surface area contributed by atoms with Crippen LogP contribution < -0.4 is 11.1 Å². The second-order valence-corrected chi connectivity index (χ2v) is 4.98. The maximum atomic E-state index is 12.2. The van der Waals surface area contributed by atoms with Crippen molar-refractivity contribution in [1.29, 1.82) is 0 Å². The van der Waals surface area contributed by atoms with E-state index in [1.807, 2.05) is 68.4 Å². The van der Waals surface area contributed by atoms with Gasteiger partial charge in [-0.1, -0.05) is 54.6 Å². The third-order valence-electron chi connectivity index (χ3n) is 3.45. The van der Waals surface area contributed by atoms with Gasteiger partial charge in [0.1, 0.15) is 6.04 Å². The first kappa shape index (κ1) is 14.3. The number of aryl methyl sites for hydroxylation is 1. The van der Waals surface area contributed by atoms with E-state index in [4.69, 9.17) is 5.73 Å². The van der Waals surface area contributed by atoms with Crippen LogP contribution in [0.25, 0.3) is 0 Å². The molecule has 104 valence electrons. The van der Waals surface area contributed by atoms with Gasteiger partial charge < -0.3 is 11.1 Å². The van der Waals surface area contributed by atoms with Gasteiger partial charge in [0.05, 0.1) is 6.04 Å². The van der Waals surface area contributed by atoms with E-state index >= 15 is 0 Å². The molecule has 3 N–H and O–H groups in total. The Morgan fingerprint density at radius 2 is 1.65 bits per heavy atom. The zero-order valence-corrected chi connectivity index (χ0v) is 11.8. The molecule has 0 aliphatic rings. The smallest absolute Gasteiger partial charge is 0.241 e. The van der Waals surface area contributed by atoms with E-state index in [1.165, 1.54) is 0 Å². The molecule has 0 aromatic heterocycles. The van der Waals surface area contributed by atoms with Crippen molar-refractivity contribution in [3.8, 4) is 0 Å². The first-order chi connectivity index (χ1) is 9.59. The van der Waals surface area contributed by atoms with Gasteiger partial charge in [0.25, 0.3) is 0 Å². The molecule has 2 aromatic rings. The number of benzene rings is 2. The zero-order chi connectivity index (χ0) is 14.5. The van der Waals surface area contributed by atoms with Crippen molar-refractivity contribution in [3.05, 3.63) is 71.3 Å². The summed E-state index contributed by atoms with van der Waals surface area (Å²) in [5.41, 5.74) is 9.09. The van der Waals surface area contributed by atoms with Crippen LogP contribution in [-0.2, 0) is 4.79 Å². The van der Waals surface area contributed by atoms with E-state index in [1.54, 1.807) is 0 Å². The number of nitrogens with one attached hydrogen (secondary N) is 1. The van der Waals surface area contributed by atoms with Gasteiger partial charge >= 0.3 is 0 Å². The minimum atomic E-state index is -0.636. The molecule has 3 heteroatoms. The SMILES string of the molecule is Cc1ccccc1[C@H](C)NC(=O)[C@H](N)c1ccccc1. The average Bonchev–Trinajstić information content (AvgIpc) is 2.47. The monoisotopic (exact) mass is 268 g/mol. The first-order valence-corrected chi connectivity index (χ1v) is 6.76. The number of carbonyl (C=O) groups is 1. The van der Waals surface area contributed by atoms with Gasteiger partial charge in [-0.3, -0.25) is 4.79 Å². The molecular formula is C17H20N2O. The molecule has 0 heterocycles. The van der Waals surface area contributed by atoms with Gasteiger partial charge in [0.15, 0.2) is 0 Å². The third-order valence-corrected chi connectivity index (χ3v) is 3.45. The first-order valence-electron chi connectivity index (χ1n) is 6.76. The van der Waals surface area contributed by atoms with Gasteiger partial charge in [-0.25, -0.2) is 0 Å². The van der Waals surface area contributed by atoms with E-state index in [-0.39, 0.29) is 11.9 Å². The molecule has 0 saturated carbocycles. The number of nitrogens with two attached hydrogens (primary N) is 1. The summed E-state index contributed by atoms with van der Waals surface area (Å²) < 4.78 is 0. The lowest BCUT2D eigenvalue weighted by Crippen LogP contribution is -2.35. The van der Waals surface area contributed by atoms with E-state index in [2.05, 4.69) is 5.32 Å². The van der Waals surface area contributed by atoms with E-state index in [9.17, 15) is 4.79 Å². The molecule has 0 bridgehead atoms. The van der Waals surface area contributed by atoms with Crippen LogP contribution in [-0.4, -0.2) is 5.91 Å². The highest BCUT2D eigenvalue weighted by Gasteiger charge is 2.18. The van der Waals surface area contributed by atoms with Crippen molar-refractivity contribution < 1.29 is 4.79 Å². The summed E-state index contributed by atoms with van der Waals surface area (Å²) in [5.74, 6) is -0.160. The van der Waals surface area contributed by atoms with Crippen LogP contribution in [0.1, 0.15) is 35.7 Å². The minimum absolute atomic E-state index is 0.0570. The molecule has 0 radical (unpaired) electrons. The molecule has 0 aliphatic heterocycles. The number of carbonyl (C=O) groups excluding carboxylic acids is 1. The molecule has 3 nitrogen and oxygen atoms in total. The molecule has 2 atom stereocenters. The normalized spacial score (nSPS) is 13.6. The van der Waals surface area contributed by atoms with Gasteiger partial charge in [-0.2, -0.15) is 0 Å². The topological polar surface area (TPSA) is 55.1 Å². The Balaban J connectivity index is 2.07. The van der Waals surface area contributed by atoms with Crippen molar-refractivity contribution in [2.24, 2.45) is 5.73 Å². The molecule has 0 saturated heterocycles. The summed E-state index contributed by atoms with van der Waals surface area (Å²) in [6.45, 7) is 4.01. The number of amides is 1. The van der Waals surface area contributed by atoms with Crippen molar-refractivity contribution in [2.45, 2.75) is 25.9 Å². The Hall–Kier alpha value is -2.13. The summed E-state index contributed by atoms with van der Waals surface area (Å²) in [5, 5.41) is 2.97. The maximum absolute atomic E-state index is 12.2. The highest BCUT2D eigenvalue weighted by Crippen LogP contribution is 2.18. The van der Waals surface area contributed by atoms with Crippen LogP contribution in [0.15, 0.2) is 54.6 Å². The van der Waals surface area contributed by atoms with Gasteiger partial charge in [0, 0.05) is 0 Å². The zero-order valence-electron chi connectivity index (χ0n) is 11.8. The van der Waals surface area contributed by atoms with Crippen molar-refractivity contribution in [2.75, 3.05) is 0 Å². The summed E-state index contributed by atoms with van der Waals surface area (Å²) in [6.07, 6.45) is 0. The highest BCUT2D eigenvalue weighted by molar-refractivity contribution is 5.83. The molecule has 0 fully saturated rings. The van der Waals surface area contributed by atoms with Gasteiger partial charge in [-0.15, -0.1) is 0 Å². The molecule has 0 spiro atoms. The molecule has 0 unspecified atom stereocenters. The third kappa shape index (κ3) is 3.25. The lowest BCUT2D eigenvalue weighted by Gasteiger charge is -2.19. The Morgan fingerprint density at radius 3 is 2.30 bits per heavy atom. The molecule has 1 amide bonds. The molecule has 20 heavy (non-hydrogen) atoms. The van der Waals surface area contributed by atoms with E-state index in [0.29, 0.717) is 0 Å². The Bertz CT molecular complexity index is 581. The standard InChI is InChI=1S/C17H20N2O/c1-12-8-6-7-11-15(12)13(2)19-17(20)16(18)14-9-4-3-5-10-14/h3-11,13,16H,18H2,1-2H3,(H,19,20)/t13-,16+/m0/s1. The van der Waals surface area contributed by atoms with Crippen molar-refractivity contribution >= 4 is 5.91 Å². The quantitative estimate of drug-likeness (QED) is 0.896. The Morgan fingerprint density at radius 1 is 1.05 bits per heavy atom. The summed E-state index contributed by atoms with van der Waals surface area (Å²) >= 11 is 0. The average molecular weight is 268 g/mol. The van der Waals surface area contributed by atoms with Crippen molar-refractivity contribution in [1.82, 2.24) is 5.32 Å². The fourth-order valence-electron chi connectivity index (χ4n) is 2.27. The predicted octanol–water partition coefficient (Wildman–Crippen LogP) is 2.87. The highest BCUT2D eigenvalue weighted by atomic mass is 16.2. The summed E-state index contributed by atoms with van der Waals surface area (Å²) in [6, 6.07) is 16.7. The van der Waals surface area contributed by atoms with Gasteiger partial charge in [-0.05, 0) is 30.5 Å². The van der Waals surface area contributed by atoms with Crippen LogP contribution >= 0.6 is 0 Å². The second-order valence-electron chi connectivity index (χ2n) is 4.98. The fraction of sp³-hybridized carbons (Fsp3) is 0.235. The summed E-state index contributed by atoms with van der Waals surface area (Å²) in [4.78, 5) is 12.2. The maximum Gasteiger partial charge on any atom is 0.241 e. The van der Waals surface area contributed by atoms with Crippen LogP contribution in [0.5, 0.6) is 0 Å². The molecular weight excluding hydrogens is 248 g/mol. The van der Waals surface area contributed by atoms with Crippen LogP contribution in [0, 0.1) is 6.92 Å². The Kier molecular flexibility index (Phi) is 4.53. The lowest BCUT2D eigenvalue weighted by molar-refractivity contribution is -0.123. The van der Waals surface area contributed by atoms with Gasteiger partial charge in [0.2, 0.25) is 5.91 Å². The van der Waals surface area contributed by atoms with Crippen molar-refractivity contribution in [3.63, 3.8) is 0 Å².